The van der Waals surface area contributed by atoms with E-state index in [1.807, 2.05) is 26.0 Å². The minimum Gasteiger partial charge on any atom is -0.492 e. The third kappa shape index (κ3) is 5.48. The van der Waals surface area contributed by atoms with E-state index >= 15 is 0 Å². The fourth-order valence-corrected chi connectivity index (χ4v) is 3.23. The van der Waals surface area contributed by atoms with Gasteiger partial charge in [0.1, 0.15) is 12.4 Å². The van der Waals surface area contributed by atoms with Crippen LogP contribution in [0.4, 0.5) is 10.5 Å². The van der Waals surface area contributed by atoms with Crippen LogP contribution in [-0.2, 0) is 20.7 Å². The third-order valence-electron chi connectivity index (χ3n) is 4.49. The highest BCUT2D eigenvalue weighted by Gasteiger charge is 2.28. The molecule has 3 rings (SSSR count). The van der Waals surface area contributed by atoms with Gasteiger partial charge in [-0.05, 0) is 55.7 Å². The van der Waals surface area contributed by atoms with Crippen molar-refractivity contribution in [1.29, 1.82) is 0 Å². The maximum absolute atomic E-state index is 12.2. The van der Waals surface area contributed by atoms with E-state index in [-0.39, 0.29) is 6.61 Å². The van der Waals surface area contributed by atoms with E-state index in [1.54, 1.807) is 24.3 Å². The van der Waals surface area contributed by atoms with Crippen LogP contribution in [0.3, 0.4) is 0 Å². The molecule has 0 saturated carbocycles. The number of hydrogen-bond donors (Lipinski definition) is 2. The van der Waals surface area contributed by atoms with Gasteiger partial charge in [0, 0.05) is 10.7 Å². The molecule has 0 bridgehead atoms. The molecule has 152 valence electrons. The Morgan fingerprint density at radius 3 is 2.72 bits per heavy atom. The van der Waals surface area contributed by atoms with Crippen LogP contribution in [0.15, 0.2) is 36.4 Å². The molecule has 1 aliphatic rings. The zero-order valence-corrected chi connectivity index (χ0v) is 16.8. The summed E-state index contributed by atoms with van der Waals surface area (Å²) in [5.74, 6) is -1.15. The SMILES string of the molecule is Cc1ccc(NC(=O)NC(=O)COC(=O)[C@H]2COc3ccc(Cl)cc3C2)c(C)c1. The Bertz CT molecular complexity index is 960. The Balaban J connectivity index is 1.46. The molecule has 7 nitrogen and oxygen atoms in total. The Kier molecular flexibility index (Phi) is 6.39. The van der Waals surface area contributed by atoms with Gasteiger partial charge in [0.2, 0.25) is 0 Å². The molecule has 8 heteroatoms. The van der Waals surface area contributed by atoms with E-state index in [9.17, 15) is 14.4 Å². The third-order valence-corrected chi connectivity index (χ3v) is 4.73. The number of hydrogen-bond acceptors (Lipinski definition) is 5. The van der Waals surface area contributed by atoms with Crippen molar-refractivity contribution in [2.75, 3.05) is 18.5 Å². The molecule has 0 saturated heterocycles. The number of carbonyl (C=O) groups excluding carboxylic acids is 3. The molecule has 0 radical (unpaired) electrons. The highest BCUT2D eigenvalue weighted by Crippen LogP contribution is 2.30. The quantitative estimate of drug-likeness (QED) is 0.745. The van der Waals surface area contributed by atoms with Gasteiger partial charge in [0.05, 0.1) is 5.92 Å². The average molecular weight is 417 g/mol. The number of carbonyl (C=O) groups is 3. The van der Waals surface area contributed by atoms with E-state index < -0.39 is 30.4 Å². The zero-order chi connectivity index (χ0) is 21.0. The van der Waals surface area contributed by atoms with Gasteiger partial charge in [-0.15, -0.1) is 0 Å². The second-order valence-electron chi connectivity index (χ2n) is 6.89. The maximum Gasteiger partial charge on any atom is 0.325 e. The summed E-state index contributed by atoms with van der Waals surface area (Å²) in [5.41, 5.74) is 3.34. The highest BCUT2D eigenvalue weighted by atomic mass is 35.5. The van der Waals surface area contributed by atoms with Gasteiger partial charge < -0.3 is 14.8 Å². The minimum absolute atomic E-state index is 0.155. The van der Waals surface area contributed by atoms with Crippen LogP contribution < -0.4 is 15.4 Å². The lowest BCUT2D eigenvalue weighted by atomic mass is 9.97. The molecule has 0 aliphatic carbocycles. The normalized spacial score (nSPS) is 14.9. The summed E-state index contributed by atoms with van der Waals surface area (Å²) in [5, 5.41) is 5.28. The number of esters is 1. The van der Waals surface area contributed by atoms with Crippen molar-refractivity contribution in [3.8, 4) is 5.75 Å². The van der Waals surface area contributed by atoms with Crippen molar-refractivity contribution in [3.63, 3.8) is 0 Å². The molecular weight excluding hydrogens is 396 g/mol. The summed E-state index contributed by atoms with van der Waals surface area (Å²) < 4.78 is 10.6. The highest BCUT2D eigenvalue weighted by molar-refractivity contribution is 6.30. The van der Waals surface area contributed by atoms with Crippen LogP contribution >= 0.6 is 11.6 Å². The second-order valence-corrected chi connectivity index (χ2v) is 7.33. The monoisotopic (exact) mass is 416 g/mol. The number of benzene rings is 2. The molecule has 1 atom stereocenters. The minimum atomic E-state index is -0.721. The van der Waals surface area contributed by atoms with Gasteiger partial charge in [-0.2, -0.15) is 0 Å². The molecular formula is C21H21ClN2O5. The average Bonchev–Trinajstić information content (AvgIpc) is 2.67. The lowest BCUT2D eigenvalue weighted by molar-refractivity contribution is -0.153. The first kappa shape index (κ1) is 20.7. The molecule has 1 heterocycles. The first-order valence-corrected chi connectivity index (χ1v) is 9.45. The Morgan fingerprint density at radius 2 is 1.97 bits per heavy atom. The van der Waals surface area contributed by atoms with Crippen LogP contribution in [0.5, 0.6) is 5.75 Å². The van der Waals surface area contributed by atoms with Gasteiger partial charge in [0.25, 0.3) is 5.91 Å². The van der Waals surface area contributed by atoms with E-state index in [2.05, 4.69) is 10.6 Å². The number of amides is 3. The van der Waals surface area contributed by atoms with E-state index in [4.69, 9.17) is 21.1 Å². The smallest absolute Gasteiger partial charge is 0.325 e. The fraction of sp³-hybridized carbons (Fsp3) is 0.286. The van der Waals surface area contributed by atoms with Gasteiger partial charge in [-0.3, -0.25) is 14.9 Å². The number of urea groups is 1. The predicted octanol–water partition coefficient (Wildman–Crippen LogP) is 3.40. The summed E-state index contributed by atoms with van der Waals surface area (Å²) >= 11 is 5.97. The topological polar surface area (TPSA) is 93.7 Å². The molecule has 1 aliphatic heterocycles. The first-order chi connectivity index (χ1) is 13.8. The van der Waals surface area contributed by atoms with Crippen molar-refractivity contribution in [2.24, 2.45) is 5.92 Å². The van der Waals surface area contributed by atoms with Crippen molar-refractivity contribution in [1.82, 2.24) is 5.32 Å². The molecule has 2 N–H and O–H groups in total. The molecule has 0 spiro atoms. The number of ether oxygens (including phenoxy) is 2. The summed E-state index contributed by atoms with van der Waals surface area (Å²) in [6.07, 6.45) is 0.406. The maximum atomic E-state index is 12.2. The molecule has 2 aromatic carbocycles. The molecule has 29 heavy (non-hydrogen) atoms. The van der Waals surface area contributed by atoms with Crippen LogP contribution in [-0.4, -0.2) is 31.1 Å². The number of fused-ring (bicyclic) bond motifs is 1. The molecule has 3 amide bonds. The van der Waals surface area contributed by atoms with Crippen molar-refractivity contribution in [2.45, 2.75) is 20.3 Å². The van der Waals surface area contributed by atoms with Crippen molar-refractivity contribution >= 4 is 35.2 Å². The van der Waals surface area contributed by atoms with E-state index in [0.29, 0.717) is 22.9 Å². The second kappa shape index (κ2) is 8.96. The van der Waals surface area contributed by atoms with Gasteiger partial charge in [-0.1, -0.05) is 29.3 Å². The number of anilines is 1. The Hall–Kier alpha value is -3.06. The summed E-state index contributed by atoms with van der Waals surface area (Å²) in [7, 11) is 0. The number of nitrogens with one attached hydrogen (secondary N) is 2. The predicted molar refractivity (Wildman–Crippen MR) is 108 cm³/mol. The fourth-order valence-electron chi connectivity index (χ4n) is 3.04. The largest absolute Gasteiger partial charge is 0.492 e. The summed E-state index contributed by atoms with van der Waals surface area (Å²) in [4.78, 5) is 36.1. The van der Waals surface area contributed by atoms with Gasteiger partial charge in [0.15, 0.2) is 6.61 Å². The number of halogens is 1. The van der Waals surface area contributed by atoms with Crippen LogP contribution in [0.2, 0.25) is 5.02 Å². The Labute approximate surface area is 173 Å². The van der Waals surface area contributed by atoms with Gasteiger partial charge >= 0.3 is 12.0 Å². The number of aryl methyl sites for hydroxylation is 2. The van der Waals surface area contributed by atoms with Crippen LogP contribution in [0.1, 0.15) is 16.7 Å². The number of imide groups is 1. The van der Waals surface area contributed by atoms with E-state index in [1.165, 1.54) is 0 Å². The molecule has 0 fully saturated rings. The zero-order valence-electron chi connectivity index (χ0n) is 16.1. The summed E-state index contributed by atoms with van der Waals surface area (Å²) in [6.45, 7) is 3.39. The standard InChI is InChI=1S/C21H21ClN2O5/c1-12-3-5-17(13(2)7-12)23-21(27)24-19(25)11-29-20(26)15-8-14-9-16(22)4-6-18(14)28-10-15/h3-7,9,15H,8,10-11H2,1-2H3,(H2,23,24,25,27)/t15-/m1/s1. The van der Waals surface area contributed by atoms with E-state index in [0.717, 1.165) is 16.7 Å². The van der Waals surface area contributed by atoms with Crippen molar-refractivity contribution < 1.29 is 23.9 Å². The van der Waals surface area contributed by atoms with Crippen LogP contribution in [0.25, 0.3) is 0 Å². The van der Waals surface area contributed by atoms with Crippen molar-refractivity contribution in [3.05, 3.63) is 58.1 Å². The molecule has 0 aromatic heterocycles. The van der Waals surface area contributed by atoms with Crippen LogP contribution in [0, 0.1) is 19.8 Å². The Morgan fingerprint density at radius 1 is 1.17 bits per heavy atom. The number of rotatable bonds is 4. The lowest BCUT2D eigenvalue weighted by Gasteiger charge is -2.24. The summed E-state index contributed by atoms with van der Waals surface area (Å²) in [6, 6.07) is 10.0. The molecule has 0 unspecified atom stereocenters. The lowest BCUT2D eigenvalue weighted by Crippen LogP contribution is -2.38. The van der Waals surface area contributed by atoms with Gasteiger partial charge in [-0.25, -0.2) is 4.79 Å². The molecule has 2 aromatic rings. The first-order valence-electron chi connectivity index (χ1n) is 9.08.